The van der Waals surface area contributed by atoms with E-state index < -0.39 is 58.9 Å². The first kappa shape index (κ1) is 50.1. The molecule has 4 aliphatic rings. The molecular formula is C58H72N6O6. The Morgan fingerprint density at radius 1 is 0.443 bits per heavy atom. The van der Waals surface area contributed by atoms with Crippen LogP contribution in [0.5, 0.6) is 0 Å². The van der Waals surface area contributed by atoms with Crippen molar-refractivity contribution in [3.63, 3.8) is 0 Å². The molecule has 0 bridgehead atoms. The lowest BCUT2D eigenvalue weighted by atomic mass is 9.80. The molecule has 2 N–H and O–H groups in total. The van der Waals surface area contributed by atoms with Crippen molar-refractivity contribution >= 4 is 58.4 Å². The van der Waals surface area contributed by atoms with Crippen LogP contribution in [0, 0.1) is 6.92 Å². The first-order valence-corrected chi connectivity index (χ1v) is 25.8. The summed E-state index contributed by atoms with van der Waals surface area (Å²) in [6, 6.07) is 22.4. The molecule has 70 heavy (non-hydrogen) atoms. The Bertz CT molecular complexity index is 2570. The van der Waals surface area contributed by atoms with Crippen molar-refractivity contribution in [2.75, 3.05) is 20.4 Å². The number of aryl methyl sites for hydroxylation is 1. The number of imide groups is 2. The first-order valence-electron chi connectivity index (χ1n) is 25.8. The van der Waals surface area contributed by atoms with Crippen molar-refractivity contribution in [1.29, 1.82) is 0 Å². The number of para-hydroxylation sites is 3. The minimum absolute atomic E-state index is 0.0672. The Morgan fingerprint density at radius 2 is 0.771 bits per heavy atom. The number of benzene rings is 4. The summed E-state index contributed by atoms with van der Waals surface area (Å²) in [7, 11) is 0. The number of urea groups is 2. The third kappa shape index (κ3) is 8.80. The molecule has 2 saturated heterocycles. The third-order valence-electron chi connectivity index (χ3n) is 15.4. The highest BCUT2D eigenvalue weighted by atomic mass is 16.2. The van der Waals surface area contributed by atoms with Gasteiger partial charge in [0.25, 0.3) is 11.8 Å². The lowest BCUT2D eigenvalue weighted by Crippen LogP contribution is -2.65. The summed E-state index contributed by atoms with van der Waals surface area (Å²) in [5, 5.41) is 6.41. The molecule has 8 rings (SSSR count). The van der Waals surface area contributed by atoms with Crippen LogP contribution in [0.4, 0.5) is 32.3 Å². The van der Waals surface area contributed by atoms with Gasteiger partial charge in [-0.25, -0.2) is 19.4 Å². The molecule has 12 heteroatoms. The molecule has 0 aromatic heterocycles. The molecular weight excluding hydrogens is 877 g/mol. The van der Waals surface area contributed by atoms with Crippen LogP contribution in [-0.2, 0) is 19.2 Å². The van der Waals surface area contributed by atoms with Gasteiger partial charge in [-0.15, -0.1) is 0 Å². The molecule has 4 aromatic rings. The second kappa shape index (κ2) is 20.2. The number of carbonyl (C=O) groups is 6. The van der Waals surface area contributed by atoms with Crippen LogP contribution in [0.25, 0.3) is 0 Å². The summed E-state index contributed by atoms with van der Waals surface area (Å²) in [6.45, 7) is 18.1. The predicted octanol–water partition coefficient (Wildman–Crippen LogP) is 12.5. The second-order valence-electron chi connectivity index (χ2n) is 21.4. The van der Waals surface area contributed by atoms with Crippen LogP contribution in [-0.4, -0.2) is 68.7 Å². The van der Waals surface area contributed by atoms with E-state index in [1.165, 1.54) is 9.80 Å². The molecule has 2 spiro atoms. The molecule has 2 saturated carbocycles. The molecule has 8 amide bonds. The summed E-state index contributed by atoms with van der Waals surface area (Å²) < 4.78 is 0. The van der Waals surface area contributed by atoms with Gasteiger partial charge in [-0.05, 0) is 103 Å². The molecule has 0 radical (unpaired) electrons. The fraction of sp³-hybridized carbons (Fsp3) is 0.483. The smallest absolute Gasteiger partial charge is 0.324 e. The minimum Gasteiger partial charge on any atom is -0.324 e. The van der Waals surface area contributed by atoms with Crippen molar-refractivity contribution in [1.82, 2.24) is 9.80 Å². The summed E-state index contributed by atoms with van der Waals surface area (Å²) >= 11 is 0. The van der Waals surface area contributed by atoms with Crippen LogP contribution < -0.4 is 20.4 Å². The monoisotopic (exact) mass is 949 g/mol. The highest BCUT2D eigenvalue weighted by Crippen LogP contribution is 2.48. The molecule has 2 unspecified atom stereocenters. The van der Waals surface area contributed by atoms with E-state index in [0.29, 0.717) is 74.1 Å². The van der Waals surface area contributed by atoms with E-state index in [9.17, 15) is 0 Å². The van der Waals surface area contributed by atoms with E-state index >= 15 is 28.8 Å². The average Bonchev–Trinajstić information content (AvgIpc) is 3.50. The van der Waals surface area contributed by atoms with Crippen molar-refractivity contribution in [3.05, 3.63) is 119 Å². The Labute approximate surface area is 414 Å². The Balaban J connectivity index is 1.42. The Hall–Kier alpha value is -6.30. The lowest BCUT2D eigenvalue weighted by Gasteiger charge is -2.38. The van der Waals surface area contributed by atoms with Crippen LogP contribution in [0.2, 0.25) is 0 Å². The molecule has 4 aromatic carbocycles. The molecule has 4 fully saturated rings. The van der Waals surface area contributed by atoms with Crippen LogP contribution >= 0.6 is 0 Å². The summed E-state index contributed by atoms with van der Waals surface area (Å²) in [4.78, 5) is 101. The maximum absolute atomic E-state index is 16.3. The van der Waals surface area contributed by atoms with Gasteiger partial charge in [-0.3, -0.25) is 29.0 Å². The molecule has 2 aliphatic heterocycles. The van der Waals surface area contributed by atoms with Gasteiger partial charge in [-0.1, -0.05) is 173 Å². The number of nitrogens with one attached hydrogen (secondary N) is 2. The number of hydrogen-bond donors (Lipinski definition) is 2. The lowest BCUT2D eigenvalue weighted by molar-refractivity contribution is -0.145. The SMILES string of the molecule is Cc1ccc(N2C(=O)N(C(C(=O)Nc3c(C(C)C)cccc3C(C)C)C(C(=O)Nc3c(C(C)C)cccc3C(C)C)N3C(=O)N(c4ccccc4)C4(CCCCCC4)C3=O)C(=O)C23CCCCC3)cc1. The van der Waals surface area contributed by atoms with Crippen molar-refractivity contribution in [2.24, 2.45) is 0 Å². The quantitative estimate of drug-likeness (QED) is 0.128. The standard InChI is InChI=1S/C58H72N6O6/c1-36(2)43-24-20-25-44(37(3)4)47(43)59-51(65)49(61-53(67)57(32-16-10-11-17-33-57)63(55(61)69)41-22-14-12-15-23-41)50(52(66)60-48-45(38(5)6)26-21-27-46(48)39(7)8)62-54(68)58(34-18-13-19-35-58)64(56(62)70)42-30-28-40(9)29-31-42/h12,14-15,20-31,36-39,49-50H,10-11,13,16-19,32-35H2,1-9H3,(H,59,65)(H,60,66). The maximum Gasteiger partial charge on any atom is 0.333 e. The van der Waals surface area contributed by atoms with Gasteiger partial charge in [0.1, 0.15) is 11.1 Å². The number of nitrogens with zero attached hydrogens (tertiary/aromatic N) is 4. The van der Waals surface area contributed by atoms with E-state index in [4.69, 9.17) is 0 Å². The van der Waals surface area contributed by atoms with Gasteiger partial charge in [0, 0.05) is 22.7 Å². The number of rotatable bonds is 13. The topological polar surface area (TPSA) is 139 Å². The maximum atomic E-state index is 16.3. The van der Waals surface area contributed by atoms with Gasteiger partial charge >= 0.3 is 12.1 Å². The Kier molecular flexibility index (Phi) is 14.5. The summed E-state index contributed by atoms with van der Waals surface area (Å²) in [5.74, 6) is -3.25. The molecule has 12 nitrogen and oxygen atoms in total. The minimum atomic E-state index is -2.02. The second-order valence-corrected chi connectivity index (χ2v) is 21.4. The zero-order valence-corrected chi connectivity index (χ0v) is 42.6. The van der Waals surface area contributed by atoms with Crippen LogP contribution in [0.3, 0.4) is 0 Å². The fourth-order valence-corrected chi connectivity index (χ4v) is 11.8. The van der Waals surface area contributed by atoms with Gasteiger partial charge < -0.3 is 10.6 Å². The molecule has 2 aliphatic carbocycles. The zero-order chi connectivity index (χ0) is 50.2. The van der Waals surface area contributed by atoms with E-state index in [2.05, 4.69) is 10.6 Å². The van der Waals surface area contributed by atoms with Crippen molar-refractivity contribution in [2.45, 2.75) is 180 Å². The fourth-order valence-electron chi connectivity index (χ4n) is 11.8. The van der Waals surface area contributed by atoms with Crippen LogP contribution in [0.15, 0.2) is 91.0 Å². The first-order chi connectivity index (χ1) is 33.4. The van der Waals surface area contributed by atoms with Crippen molar-refractivity contribution in [3.8, 4) is 0 Å². The molecule has 2 atom stereocenters. The van der Waals surface area contributed by atoms with Gasteiger partial charge in [0.05, 0.1) is 0 Å². The van der Waals surface area contributed by atoms with E-state index in [1.807, 2.05) is 129 Å². The number of anilines is 4. The number of hydrogen-bond acceptors (Lipinski definition) is 6. The highest BCUT2D eigenvalue weighted by Gasteiger charge is 2.66. The average molecular weight is 949 g/mol. The van der Waals surface area contributed by atoms with E-state index in [1.54, 1.807) is 24.3 Å². The third-order valence-corrected chi connectivity index (χ3v) is 15.4. The molecule has 370 valence electrons. The normalized spacial score (nSPS) is 19.0. The number of carbonyl (C=O) groups excluding carboxylic acids is 6. The van der Waals surface area contributed by atoms with E-state index in [0.717, 1.165) is 56.9 Å². The zero-order valence-electron chi connectivity index (χ0n) is 42.6. The van der Waals surface area contributed by atoms with Crippen molar-refractivity contribution < 1.29 is 28.8 Å². The summed E-state index contributed by atoms with van der Waals surface area (Å²) in [5.41, 5.74) is 3.39. The highest BCUT2D eigenvalue weighted by molar-refractivity contribution is 6.23. The van der Waals surface area contributed by atoms with E-state index in [-0.39, 0.29) is 23.7 Å². The van der Waals surface area contributed by atoms with Gasteiger partial charge in [0.15, 0.2) is 12.1 Å². The predicted molar refractivity (Wildman–Crippen MR) is 277 cm³/mol. The number of amides is 8. The van der Waals surface area contributed by atoms with Gasteiger partial charge in [-0.2, -0.15) is 0 Å². The largest absolute Gasteiger partial charge is 0.333 e. The Morgan fingerprint density at radius 3 is 1.11 bits per heavy atom. The van der Waals surface area contributed by atoms with Gasteiger partial charge in [0.2, 0.25) is 11.8 Å². The van der Waals surface area contributed by atoms with Crippen LogP contribution in [0.1, 0.15) is 178 Å². The summed E-state index contributed by atoms with van der Waals surface area (Å²) in [6.07, 6.45) is 6.47. The molecule has 2 heterocycles.